The van der Waals surface area contributed by atoms with Crippen molar-refractivity contribution in [1.82, 2.24) is 5.32 Å². The summed E-state index contributed by atoms with van der Waals surface area (Å²) in [6, 6.07) is 8.44. The number of carbonyl (C=O) groups is 1. The molecule has 1 amide bonds. The molecule has 1 N–H and O–H groups in total. The number of aryl methyl sites for hydroxylation is 1. The van der Waals surface area contributed by atoms with Crippen molar-refractivity contribution < 1.29 is 4.79 Å². The number of nitrogens with zero attached hydrogens (tertiary/aromatic N) is 1. The fraction of sp³-hybridized carbons (Fsp3) is 0.588. The Morgan fingerprint density at radius 3 is 2.80 bits per heavy atom. The normalized spacial score (nSPS) is 22.6. The topological polar surface area (TPSA) is 32.3 Å². The number of rotatable bonds is 4. The molecule has 2 rings (SSSR count). The second-order valence-corrected chi connectivity index (χ2v) is 5.81. The summed E-state index contributed by atoms with van der Waals surface area (Å²) in [5, 5.41) is 3.50. The Balaban J connectivity index is 2.08. The first kappa shape index (κ1) is 15.0. The van der Waals surface area contributed by atoms with Crippen molar-refractivity contribution in [2.45, 2.75) is 46.1 Å². The minimum absolute atomic E-state index is 0.230. The van der Waals surface area contributed by atoms with E-state index in [1.54, 1.807) is 0 Å². The number of hydrogen-bond acceptors (Lipinski definition) is 2. The highest BCUT2D eigenvalue weighted by Crippen LogP contribution is 2.23. The molecule has 1 fully saturated rings. The van der Waals surface area contributed by atoms with Gasteiger partial charge in [-0.15, -0.1) is 0 Å². The van der Waals surface area contributed by atoms with Gasteiger partial charge in [-0.25, -0.2) is 0 Å². The molecule has 110 valence electrons. The molecule has 1 aromatic carbocycles. The van der Waals surface area contributed by atoms with Gasteiger partial charge in [0.25, 0.3) is 0 Å². The van der Waals surface area contributed by atoms with Crippen molar-refractivity contribution in [3.63, 3.8) is 0 Å². The van der Waals surface area contributed by atoms with E-state index in [-0.39, 0.29) is 5.91 Å². The number of piperidine rings is 1. The molecular weight excluding hydrogens is 248 g/mol. The first-order chi connectivity index (χ1) is 9.63. The number of nitrogens with one attached hydrogen (secondary N) is 1. The largest absolute Gasteiger partial charge is 0.313 e. The number of amides is 1. The summed E-state index contributed by atoms with van der Waals surface area (Å²) in [6.07, 6.45) is 3.05. The van der Waals surface area contributed by atoms with Crippen molar-refractivity contribution in [3.05, 3.63) is 29.8 Å². The summed E-state index contributed by atoms with van der Waals surface area (Å²) < 4.78 is 0. The van der Waals surface area contributed by atoms with Crippen LogP contribution in [-0.4, -0.2) is 25.0 Å². The quantitative estimate of drug-likeness (QED) is 0.915. The van der Waals surface area contributed by atoms with Crippen LogP contribution in [0, 0.1) is 12.8 Å². The fourth-order valence-electron chi connectivity index (χ4n) is 3.03. The van der Waals surface area contributed by atoms with Gasteiger partial charge in [0.05, 0.1) is 0 Å². The third-order valence-electron chi connectivity index (χ3n) is 4.35. The van der Waals surface area contributed by atoms with Crippen LogP contribution in [0.4, 0.5) is 5.69 Å². The molecule has 20 heavy (non-hydrogen) atoms. The van der Waals surface area contributed by atoms with Crippen molar-refractivity contribution in [2.24, 2.45) is 5.92 Å². The molecule has 0 bridgehead atoms. The second kappa shape index (κ2) is 6.89. The van der Waals surface area contributed by atoms with Crippen molar-refractivity contribution in [2.75, 3.05) is 18.0 Å². The number of para-hydroxylation sites is 1. The summed E-state index contributed by atoms with van der Waals surface area (Å²) in [7, 11) is 0. The van der Waals surface area contributed by atoms with Gasteiger partial charge in [0.15, 0.2) is 0 Å². The lowest BCUT2D eigenvalue weighted by Crippen LogP contribution is -2.44. The van der Waals surface area contributed by atoms with E-state index >= 15 is 0 Å². The Morgan fingerprint density at radius 1 is 1.40 bits per heavy atom. The zero-order valence-corrected chi connectivity index (χ0v) is 12.9. The lowest BCUT2D eigenvalue weighted by molar-refractivity contribution is -0.119. The minimum atomic E-state index is 0.230. The molecule has 1 saturated heterocycles. The Hall–Kier alpha value is -1.35. The van der Waals surface area contributed by atoms with Crippen LogP contribution in [-0.2, 0) is 4.79 Å². The van der Waals surface area contributed by atoms with E-state index in [1.807, 2.05) is 30.0 Å². The van der Waals surface area contributed by atoms with Crippen LogP contribution in [0.3, 0.4) is 0 Å². The third kappa shape index (κ3) is 3.40. The van der Waals surface area contributed by atoms with Crippen LogP contribution in [0.5, 0.6) is 0 Å². The van der Waals surface area contributed by atoms with E-state index in [9.17, 15) is 4.79 Å². The standard InChI is InChI=1S/C17H26N2O/c1-4-19(16-10-6-5-8-14(16)3)17(20)12-15-13(2)9-7-11-18-15/h5-6,8,10,13,15,18H,4,7,9,11-12H2,1-3H3. The number of anilines is 1. The molecule has 0 aliphatic carbocycles. The van der Waals surface area contributed by atoms with Crippen LogP contribution >= 0.6 is 0 Å². The Labute approximate surface area is 122 Å². The molecular formula is C17H26N2O. The Bertz CT molecular complexity index is 458. The maximum atomic E-state index is 12.6. The molecule has 1 aliphatic heterocycles. The summed E-state index contributed by atoms with van der Waals surface area (Å²) in [5.74, 6) is 0.816. The zero-order chi connectivity index (χ0) is 14.5. The van der Waals surface area contributed by atoms with Gasteiger partial charge in [-0.2, -0.15) is 0 Å². The van der Waals surface area contributed by atoms with Gasteiger partial charge in [0, 0.05) is 24.7 Å². The smallest absolute Gasteiger partial charge is 0.228 e. The minimum Gasteiger partial charge on any atom is -0.313 e. The number of hydrogen-bond donors (Lipinski definition) is 1. The van der Waals surface area contributed by atoms with Gasteiger partial charge >= 0.3 is 0 Å². The molecule has 0 spiro atoms. The van der Waals surface area contributed by atoms with Crippen molar-refractivity contribution >= 4 is 11.6 Å². The van der Waals surface area contributed by atoms with E-state index < -0.39 is 0 Å². The van der Waals surface area contributed by atoms with Crippen LogP contribution in [0.15, 0.2) is 24.3 Å². The summed E-state index contributed by atoms with van der Waals surface area (Å²) in [6.45, 7) is 8.12. The highest BCUT2D eigenvalue weighted by Gasteiger charge is 2.26. The highest BCUT2D eigenvalue weighted by molar-refractivity contribution is 5.94. The lowest BCUT2D eigenvalue weighted by Gasteiger charge is -2.32. The lowest BCUT2D eigenvalue weighted by atomic mass is 9.90. The molecule has 1 heterocycles. The van der Waals surface area contributed by atoms with E-state index in [2.05, 4.69) is 25.2 Å². The number of benzene rings is 1. The van der Waals surface area contributed by atoms with E-state index in [0.29, 0.717) is 18.4 Å². The van der Waals surface area contributed by atoms with E-state index in [1.165, 1.54) is 12.8 Å². The monoisotopic (exact) mass is 274 g/mol. The van der Waals surface area contributed by atoms with Crippen molar-refractivity contribution in [3.8, 4) is 0 Å². The van der Waals surface area contributed by atoms with E-state index in [0.717, 1.165) is 24.3 Å². The average molecular weight is 274 g/mol. The molecule has 3 heteroatoms. The van der Waals surface area contributed by atoms with Crippen molar-refractivity contribution in [1.29, 1.82) is 0 Å². The van der Waals surface area contributed by atoms with Gasteiger partial charge < -0.3 is 10.2 Å². The van der Waals surface area contributed by atoms with Crippen LogP contribution < -0.4 is 10.2 Å². The highest BCUT2D eigenvalue weighted by atomic mass is 16.2. The average Bonchev–Trinajstić information content (AvgIpc) is 2.44. The molecule has 0 radical (unpaired) electrons. The predicted octanol–water partition coefficient (Wildman–Crippen LogP) is 3.13. The predicted molar refractivity (Wildman–Crippen MR) is 84.0 cm³/mol. The second-order valence-electron chi connectivity index (χ2n) is 5.81. The number of carbonyl (C=O) groups excluding carboxylic acids is 1. The van der Waals surface area contributed by atoms with Gasteiger partial charge in [-0.05, 0) is 50.8 Å². The van der Waals surface area contributed by atoms with E-state index in [4.69, 9.17) is 0 Å². The van der Waals surface area contributed by atoms with Gasteiger partial charge in [0.2, 0.25) is 5.91 Å². The summed E-state index contributed by atoms with van der Waals surface area (Å²) in [5.41, 5.74) is 2.20. The van der Waals surface area contributed by atoms with Gasteiger partial charge in [-0.3, -0.25) is 4.79 Å². The van der Waals surface area contributed by atoms with Crippen LogP contribution in [0.25, 0.3) is 0 Å². The SMILES string of the molecule is CCN(C(=O)CC1NCCCC1C)c1ccccc1C. The maximum absolute atomic E-state index is 12.6. The molecule has 1 aromatic rings. The summed E-state index contributed by atoms with van der Waals surface area (Å²) >= 11 is 0. The zero-order valence-electron chi connectivity index (χ0n) is 12.9. The molecule has 1 aliphatic rings. The first-order valence-corrected chi connectivity index (χ1v) is 7.72. The third-order valence-corrected chi connectivity index (χ3v) is 4.35. The molecule has 3 nitrogen and oxygen atoms in total. The van der Waals surface area contributed by atoms with Crippen LogP contribution in [0.2, 0.25) is 0 Å². The van der Waals surface area contributed by atoms with Gasteiger partial charge in [0.1, 0.15) is 0 Å². The molecule has 2 atom stereocenters. The Morgan fingerprint density at radius 2 is 2.15 bits per heavy atom. The molecule has 2 unspecified atom stereocenters. The first-order valence-electron chi connectivity index (χ1n) is 7.72. The summed E-state index contributed by atoms with van der Waals surface area (Å²) in [4.78, 5) is 14.5. The van der Waals surface area contributed by atoms with Gasteiger partial charge in [-0.1, -0.05) is 25.1 Å². The maximum Gasteiger partial charge on any atom is 0.228 e. The fourth-order valence-corrected chi connectivity index (χ4v) is 3.03. The van der Waals surface area contributed by atoms with Crippen LogP contribution in [0.1, 0.15) is 38.7 Å². The molecule has 0 aromatic heterocycles. The molecule has 0 saturated carbocycles. The Kier molecular flexibility index (Phi) is 5.18.